The molecule has 0 N–H and O–H groups in total. The SMILES string of the molecule is C=CCc1cncc(CC=C)c1[Si](C)(C)C. The van der Waals surface area contributed by atoms with Gasteiger partial charge >= 0.3 is 0 Å². The van der Waals surface area contributed by atoms with E-state index in [0.717, 1.165) is 12.8 Å². The number of hydrogen-bond donors (Lipinski definition) is 0. The van der Waals surface area contributed by atoms with E-state index in [1.165, 1.54) is 16.3 Å². The smallest absolute Gasteiger partial charge is 0.0784 e. The minimum Gasteiger partial charge on any atom is -0.264 e. The molecule has 16 heavy (non-hydrogen) atoms. The molecule has 0 bridgehead atoms. The average Bonchev–Trinajstić information content (AvgIpc) is 2.17. The zero-order chi connectivity index (χ0) is 12.2. The number of allylic oxidation sites excluding steroid dienone is 2. The Morgan fingerprint density at radius 3 is 1.81 bits per heavy atom. The van der Waals surface area contributed by atoms with Gasteiger partial charge < -0.3 is 0 Å². The first-order chi connectivity index (χ1) is 7.50. The number of aromatic nitrogens is 1. The molecule has 1 aromatic heterocycles. The maximum Gasteiger partial charge on any atom is 0.0784 e. The third-order valence-corrected chi connectivity index (χ3v) is 4.72. The van der Waals surface area contributed by atoms with E-state index >= 15 is 0 Å². The molecule has 0 aliphatic heterocycles. The summed E-state index contributed by atoms with van der Waals surface area (Å²) in [6.07, 6.45) is 9.72. The maximum atomic E-state index is 4.32. The molecule has 2 heteroatoms. The lowest BCUT2D eigenvalue weighted by Crippen LogP contribution is -2.42. The van der Waals surface area contributed by atoms with Crippen LogP contribution >= 0.6 is 0 Å². The third-order valence-electron chi connectivity index (χ3n) is 2.58. The number of hydrogen-bond acceptors (Lipinski definition) is 1. The molecule has 0 aliphatic rings. The van der Waals surface area contributed by atoms with E-state index in [4.69, 9.17) is 0 Å². The molecule has 0 aliphatic carbocycles. The van der Waals surface area contributed by atoms with Gasteiger partial charge in [0, 0.05) is 12.4 Å². The van der Waals surface area contributed by atoms with Crippen molar-refractivity contribution >= 4 is 13.3 Å². The minimum absolute atomic E-state index is 0.914. The quantitative estimate of drug-likeness (QED) is 0.560. The maximum absolute atomic E-state index is 4.32. The summed E-state index contributed by atoms with van der Waals surface area (Å²) < 4.78 is 0. The first-order valence-electron chi connectivity index (χ1n) is 5.68. The predicted octanol–water partition coefficient (Wildman–Crippen LogP) is 3.08. The fraction of sp³-hybridized carbons (Fsp3) is 0.357. The normalized spacial score (nSPS) is 11.2. The summed E-state index contributed by atoms with van der Waals surface area (Å²) in [4.78, 5) is 4.32. The van der Waals surface area contributed by atoms with Gasteiger partial charge in [-0.05, 0) is 24.0 Å². The van der Waals surface area contributed by atoms with Crippen LogP contribution in [-0.2, 0) is 12.8 Å². The molecule has 1 nitrogen and oxygen atoms in total. The Morgan fingerprint density at radius 1 is 1.06 bits per heavy atom. The molecule has 0 amide bonds. The number of pyridine rings is 1. The van der Waals surface area contributed by atoms with Crippen molar-refractivity contribution in [2.45, 2.75) is 32.5 Å². The molecule has 0 spiro atoms. The molecule has 0 saturated heterocycles. The van der Waals surface area contributed by atoms with Crippen molar-refractivity contribution in [2.24, 2.45) is 0 Å². The highest BCUT2D eigenvalue weighted by Crippen LogP contribution is 2.12. The molecule has 0 radical (unpaired) electrons. The van der Waals surface area contributed by atoms with Gasteiger partial charge in [-0.1, -0.05) is 37.0 Å². The molecule has 1 aromatic rings. The van der Waals surface area contributed by atoms with Crippen LogP contribution in [0, 0.1) is 0 Å². The summed E-state index contributed by atoms with van der Waals surface area (Å²) in [6, 6.07) is 0. The highest BCUT2D eigenvalue weighted by atomic mass is 28.3. The van der Waals surface area contributed by atoms with Gasteiger partial charge in [0.25, 0.3) is 0 Å². The largest absolute Gasteiger partial charge is 0.264 e. The molecular formula is C14H21NSi. The molecule has 0 fully saturated rings. The summed E-state index contributed by atoms with van der Waals surface area (Å²) in [5.41, 5.74) is 2.68. The monoisotopic (exact) mass is 231 g/mol. The van der Waals surface area contributed by atoms with Crippen LogP contribution in [0.25, 0.3) is 0 Å². The van der Waals surface area contributed by atoms with Crippen molar-refractivity contribution in [3.05, 3.63) is 48.8 Å². The van der Waals surface area contributed by atoms with Crippen molar-refractivity contribution in [1.29, 1.82) is 0 Å². The Morgan fingerprint density at radius 2 is 1.50 bits per heavy atom. The Kier molecular flexibility index (Phi) is 4.24. The second kappa shape index (κ2) is 5.26. The van der Waals surface area contributed by atoms with E-state index in [9.17, 15) is 0 Å². The molecular weight excluding hydrogens is 210 g/mol. The summed E-state index contributed by atoms with van der Waals surface area (Å²) in [5.74, 6) is 0. The van der Waals surface area contributed by atoms with Gasteiger partial charge in [0.2, 0.25) is 0 Å². The van der Waals surface area contributed by atoms with Crippen molar-refractivity contribution in [1.82, 2.24) is 4.98 Å². The number of rotatable bonds is 5. The van der Waals surface area contributed by atoms with Crippen molar-refractivity contribution in [3.63, 3.8) is 0 Å². The van der Waals surface area contributed by atoms with Crippen molar-refractivity contribution in [3.8, 4) is 0 Å². The standard InChI is InChI=1S/C14H21NSi/c1-6-8-12-10-15-11-13(9-7-2)14(12)16(3,4)5/h6-7,10-11H,1-2,8-9H2,3-5H3. The van der Waals surface area contributed by atoms with Crippen LogP contribution in [0.5, 0.6) is 0 Å². The Bertz CT molecular complexity index is 360. The van der Waals surface area contributed by atoms with Crippen LogP contribution in [0.3, 0.4) is 0 Å². The van der Waals surface area contributed by atoms with E-state index in [0.29, 0.717) is 0 Å². The zero-order valence-corrected chi connectivity index (χ0v) is 11.6. The molecule has 86 valence electrons. The van der Waals surface area contributed by atoms with Gasteiger partial charge in [-0.2, -0.15) is 0 Å². The van der Waals surface area contributed by atoms with E-state index in [2.05, 4.69) is 37.8 Å². The van der Waals surface area contributed by atoms with Crippen LogP contribution in [0.1, 0.15) is 11.1 Å². The third kappa shape index (κ3) is 2.92. The Hall–Kier alpha value is -1.15. The van der Waals surface area contributed by atoms with Gasteiger partial charge in [-0.25, -0.2) is 0 Å². The van der Waals surface area contributed by atoms with E-state index in [1.807, 2.05) is 24.5 Å². The fourth-order valence-corrected chi connectivity index (χ4v) is 4.40. The highest BCUT2D eigenvalue weighted by Gasteiger charge is 2.22. The lowest BCUT2D eigenvalue weighted by atomic mass is 10.1. The van der Waals surface area contributed by atoms with Gasteiger partial charge in [-0.3, -0.25) is 4.98 Å². The summed E-state index contributed by atoms with van der Waals surface area (Å²) in [6.45, 7) is 14.8. The zero-order valence-electron chi connectivity index (χ0n) is 10.6. The molecule has 1 rings (SSSR count). The van der Waals surface area contributed by atoms with Gasteiger partial charge in [-0.15, -0.1) is 13.2 Å². The molecule has 1 heterocycles. The van der Waals surface area contributed by atoms with Crippen LogP contribution < -0.4 is 5.19 Å². The topological polar surface area (TPSA) is 12.9 Å². The van der Waals surface area contributed by atoms with Crippen molar-refractivity contribution in [2.75, 3.05) is 0 Å². The highest BCUT2D eigenvalue weighted by molar-refractivity contribution is 6.89. The van der Waals surface area contributed by atoms with Gasteiger partial charge in [0.1, 0.15) is 0 Å². The lowest BCUT2D eigenvalue weighted by molar-refractivity contribution is 1.14. The second-order valence-electron chi connectivity index (χ2n) is 5.07. The molecule has 0 aromatic carbocycles. The van der Waals surface area contributed by atoms with Crippen LogP contribution in [-0.4, -0.2) is 13.1 Å². The van der Waals surface area contributed by atoms with Gasteiger partial charge in [0.05, 0.1) is 8.07 Å². The van der Waals surface area contributed by atoms with Crippen LogP contribution in [0.15, 0.2) is 37.7 Å². The Balaban J connectivity index is 3.33. The van der Waals surface area contributed by atoms with Gasteiger partial charge in [0.15, 0.2) is 0 Å². The second-order valence-corrected chi connectivity index (χ2v) is 10.1. The lowest BCUT2D eigenvalue weighted by Gasteiger charge is -2.23. The summed E-state index contributed by atoms with van der Waals surface area (Å²) >= 11 is 0. The van der Waals surface area contributed by atoms with Crippen LogP contribution in [0.2, 0.25) is 19.6 Å². The summed E-state index contributed by atoms with van der Waals surface area (Å²) in [5, 5.41) is 1.53. The fourth-order valence-electron chi connectivity index (χ4n) is 2.14. The Labute approximate surface area is 99.9 Å². The average molecular weight is 231 g/mol. The van der Waals surface area contributed by atoms with E-state index in [1.54, 1.807) is 0 Å². The van der Waals surface area contributed by atoms with E-state index < -0.39 is 8.07 Å². The number of nitrogens with zero attached hydrogens (tertiary/aromatic N) is 1. The molecule has 0 atom stereocenters. The molecule has 0 unspecified atom stereocenters. The van der Waals surface area contributed by atoms with Crippen LogP contribution in [0.4, 0.5) is 0 Å². The minimum atomic E-state index is -1.33. The summed E-state index contributed by atoms with van der Waals surface area (Å²) in [7, 11) is -1.33. The van der Waals surface area contributed by atoms with E-state index in [-0.39, 0.29) is 0 Å². The first-order valence-corrected chi connectivity index (χ1v) is 9.18. The molecule has 0 saturated carbocycles. The van der Waals surface area contributed by atoms with Crippen molar-refractivity contribution < 1.29 is 0 Å². The predicted molar refractivity (Wildman–Crippen MR) is 75.0 cm³/mol. The first kappa shape index (κ1) is 12.9.